The Balaban J connectivity index is 2.06. The van der Waals surface area contributed by atoms with Gasteiger partial charge in [-0.2, -0.15) is 0 Å². The molecular formula is C32H42N2O6. The van der Waals surface area contributed by atoms with Crippen molar-refractivity contribution in [3.8, 4) is 0 Å². The van der Waals surface area contributed by atoms with Crippen molar-refractivity contribution in [3.05, 3.63) is 97.1 Å². The van der Waals surface area contributed by atoms with E-state index in [1.165, 1.54) is 0 Å². The summed E-state index contributed by atoms with van der Waals surface area (Å²) in [4.78, 5) is 38.6. The van der Waals surface area contributed by atoms with E-state index in [-0.39, 0.29) is 50.4 Å². The minimum Gasteiger partial charge on any atom is -0.463 e. The first-order valence-electron chi connectivity index (χ1n) is 13.6. The lowest BCUT2D eigenvalue weighted by Crippen LogP contribution is -2.46. The highest BCUT2D eigenvalue weighted by Gasteiger charge is 2.26. The van der Waals surface area contributed by atoms with Crippen LogP contribution in [0, 0.1) is 11.8 Å². The van der Waals surface area contributed by atoms with Gasteiger partial charge in [0.2, 0.25) is 11.8 Å². The number of aliphatic hydroxyl groups excluding tert-OH is 1. The number of esters is 1. The summed E-state index contributed by atoms with van der Waals surface area (Å²) in [7, 11) is 0. The maximum atomic E-state index is 13.2. The van der Waals surface area contributed by atoms with Crippen molar-refractivity contribution >= 4 is 17.8 Å². The Morgan fingerprint density at radius 3 is 2.08 bits per heavy atom. The summed E-state index contributed by atoms with van der Waals surface area (Å²) in [5.41, 5.74) is 1.99. The van der Waals surface area contributed by atoms with Gasteiger partial charge in [-0.3, -0.25) is 14.4 Å². The van der Waals surface area contributed by atoms with E-state index in [2.05, 4.69) is 23.8 Å². The van der Waals surface area contributed by atoms with Gasteiger partial charge in [-0.1, -0.05) is 72.8 Å². The molecule has 0 aliphatic carbocycles. The predicted molar refractivity (Wildman–Crippen MR) is 155 cm³/mol. The molecule has 0 aromatic heterocycles. The zero-order valence-electron chi connectivity index (χ0n) is 23.3. The van der Waals surface area contributed by atoms with Crippen LogP contribution in [0.1, 0.15) is 37.3 Å². The van der Waals surface area contributed by atoms with Crippen molar-refractivity contribution in [2.24, 2.45) is 11.8 Å². The second-order valence-corrected chi connectivity index (χ2v) is 9.82. The van der Waals surface area contributed by atoms with Crippen LogP contribution in [0.4, 0.5) is 0 Å². The molecule has 8 heteroatoms. The highest BCUT2D eigenvalue weighted by atomic mass is 16.5. The molecule has 2 amide bonds. The van der Waals surface area contributed by atoms with Crippen LogP contribution in [0.2, 0.25) is 0 Å². The minimum atomic E-state index is -0.678. The van der Waals surface area contributed by atoms with Crippen LogP contribution in [-0.2, 0) is 36.9 Å². The summed E-state index contributed by atoms with van der Waals surface area (Å²) in [6, 6.07) is 18.2. The van der Waals surface area contributed by atoms with Crippen molar-refractivity contribution in [1.82, 2.24) is 10.6 Å². The third kappa shape index (κ3) is 12.4. The fourth-order valence-electron chi connectivity index (χ4n) is 4.09. The SMILES string of the molecule is C=CC[C@@H](CC(=O)N[C@H](C)CO)C(=O)N[C@@H](COCc1ccccc1)COC(=O)[C@@H](CC=C)Cc1ccccc1. The van der Waals surface area contributed by atoms with Gasteiger partial charge in [0.25, 0.3) is 0 Å². The van der Waals surface area contributed by atoms with E-state index >= 15 is 0 Å². The van der Waals surface area contributed by atoms with Gasteiger partial charge in [-0.05, 0) is 37.3 Å². The Morgan fingerprint density at radius 1 is 0.875 bits per heavy atom. The van der Waals surface area contributed by atoms with E-state index in [0.29, 0.717) is 19.4 Å². The highest BCUT2D eigenvalue weighted by molar-refractivity contribution is 5.86. The van der Waals surface area contributed by atoms with Gasteiger partial charge < -0.3 is 25.2 Å². The number of benzene rings is 2. The van der Waals surface area contributed by atoms with E-state index in [1.807, 2.05) is 60.7 Å². The second kappa shape index (κ2) is 18.5. The van der Waals surface area contributed by atoms with E-state index in [9.17, 15) is 19.5 Å². The molecule has 0 aliphatic heterocycles. The molecule has 3 N–H and O–H groups in total. The second-order valence-electron chi connectivity index (χ2n) is 9.82. The smallest absolute Gasteiger partial charge is 0.309 e. The van der Waals surface area contributed by atoms with E-state index in [1.54, 1.807) is 19.1 Å². The number of carbonyl (C=O) groups is 3. The van der Waals surface area contributed by atoms with Crippen LogP contribution in [0.5, 0.6) is 0 Å². The zero-order valence-corrected chi connectivity index (χ0v) is 23.3. The highest BCUT2D eigenvalue weighted by Crippen LogP contribution is 2.16. The van der Waals surface area contributed by atoms with Crippen LogP contribution in [0.3, 0.4) is 0 Å². The maximum Gasteiger partial charge on any atom is 0.309 e. The van der Waals surface area contributed by atoms with Gasteiger partial charge in [0, 0.05) is 12.5 Å². The molecule has 0 bridgehead atoms. The van der Waals surface area contributed by atoms with Crippen LogP contribution in [0.15, 0.2) is 86.0 Å². The first-order chi connectivity index (χ1) is 19.4. The first kappa shape index (κ1) is 32.5. The Labute approximate surface area is 237 Å². The fourth-order valence-corrected chi connectivity index (χ4v) is 4.09. The molecule has 4 atom stereocenters. The van der Waals surface area contributed by atoms with Crippen LogP contribution < -0.4 is 10.6 Å². The van der Waals surface area contributed by atoms with E-state index in [0.717, 1.165) is 11.1 Å². The number of nitrogens with one attached hydrogen (secondary N) is 2. The maximum absolute atomic E-state index is 13.2. The summed E-state index contributed by atoms with van der Waals surface area (Å²) in [5, 5.41) is 14.8. The van der Waals surface area contributed by atoms with Crippen molar-refractivity contribution in [2.45, 2.75) is 51.3 Å². The average Bonchev–Trinajstić information content (AvgIpc) is 2.96. The number of ether oxygens (including phenoxy) is 2. The van der Waals surface area contributed by atoms with Crippen LogP contribution in [-0.4, -0.2) is 54.8 Å². The number of hydrogen-bond acceptors (Lipinski definition) is 6. The molecule has 2 aromatic rings. The molecule has 0 radical (unpaired) electrons. The van der Waals surface area contributed by atoms with Crippen LogP contribution in [0.25, 0.3) is 0 Å². The van der Waals surface area contributed by atoms with Crippen molar-refractivity contribution < 1.29 is 29.0 Å². The Morgan fingerprint density at radius 2 is 1.48 bits per heavy atom. The third-order valence-electron chi connectivity index (χ3n) is 6.25. The summed E-state index contributed by atoms with van der Waals surface area (Å²) >= 11 is 0. The molecule has 0 saturated heterocycles. The molecule has 0 unspecified atom stereocenters. The molecule has 8 nitrogen and oxygen atoms in total. The minimum absolute atomic E-state index is 0.0714. The number of allylic oxidation sites excluding steroid dienone is 2. The lowest BCUT2D eigenvalue weighted by atomic mass is 9.96. The van der Waals surface area contributed by atoms with Crippen molar-refractivity contribution in [3.63, 3.8) is 0 Å². The monoisotopic (exact) mass is 550 g/mol. The first-order valence-corrected chi connectivity index (χ1v) is 13.6. The fraction of sp³-hybridized carbons (Fsp3) is 0.406. The molecule has 0 aliphatic rings. The zero-order chi connectivity index (χ0) is 29.2. The van der Waals surface area contributed by atoms with Crippen molar-refractivity contribution in [1.29, 1.82) is 0 Å². The number of carbonyl (C=O) groups excluding carboxylic acids is 3. The van der Waals surface area contributed by atoms with Gasteiger partial charge in [0.1, 0.15) is 6.61 Å². The van der Waals surface area contributed by atoms with Crippen LogP contribution >= 0.6 is 0 Å². The molecule has 40 heavy (non-hydrogen) atoms. The quantitative estimate of drug-likeness (QED) is 0.181. The normalized spacial score (nSPS) is 13.8. The van der Waals surface area contributed by atoms with E-state index in [4.69, 9.17) is 9.47 Å². The van der Waals surface area contributed by atoms with Gasteiger partial charge >= 0.3 is 5.97 Å². The Hall–Kier alpha value is -3.75. The van der Waals surface area contributed by atoms with Gasteiger partial charge in [0.05, 0.1) is 37.7 Å². The molecule has 2 aromatic carbocycles. The number of hydrogen-bond donors (Lipinski definition) is 3. The van der Waals surface area contributed by atoms with Gasteiger partial charge in [-0.25, -0.2) is 0 Å². The molecule has 0 fully saturated rings. The Bertz CT molecular complexity index is 1060. The van der Waals surface area contributed by atoms with Crippen molar-refractivity contribution in [2.75, 3.05) is 19.8 Å². The topological polar surface area (TPSA) is 114 Å². The number of amides is 2. The average molecular weight is 551 g/mol. The summed E-state index contributed by atoms with van der Waals surface area (Å²) in [6.07, 6.45) is 4.45. The summed E-state index contributed by atoms with van der Waals surface area (Å²) < 4.78 is 11.5. The molecule has 0 heterocycles. The predicted octanol–water partition coefficient (Wildman–Crippen LogP) is 3.75. The number of rotatable bonds is 19. The van der Waals surface area contributed by atoms with Gasteiger partial charge in [-0.15, -0.1) is 13.2 Å². The molecule has 2 rings (SSSR count). The number of aliphatic hydroxyl groups is 1. The summed E-state index contributed by atoms with van der Waals surface area (Å²) in [6.45, 7) is 9.29. The standard InChI is InChI=1S/C32H42N2O6/c1-4-12-27(19-30(36)33-24(3)20-35)31(37)34-29(22-39-21-26-16-10-7-11-17-26)23-40-32(38)28(13-5-2)18-25-14-8-6-9-15-25/h4-11,14-17,24,27-29,35H,1-2,12-13,18-23H2,3H3,(H,33,36)(H,34,37)/t24-,27+,28+,29+/m1/s1. The Kier molecular flexibility index (Phi) is 15.0. The third-order valence-corrected chi connectivity index (χ3v) is 6.25. The lowest BCUT2D eigenvalue weighted by Gasteiger charge is -2.23. The summed E-state index contributed by atoms with van der Waals surface area (Å²) in [5.74, 6) is -2.19. The molecular weight excluding hydrogens is 508 g/mol. The lowest BCUT2D eigenvalue weighted by molar-refractivity contribution is -0.150. The molecule has 0 saturated carbocycles. The molecule has 216 valence electrons. The van der Waals surface area contributed by atoms with Gasteiger partial charge in [0.15, 0.2) is 0 Å². The largest absolute Gasteiger partial charge is 0.463 e. The molecule has 0 spiro atoms. The van der Waals surface area contributed by atoms with E-state index < -0.39 is 23.9 Å².